The van der Waals surface area contributed by atoms with Crippen LogP contribution in [-0.4, -0.2) is 48.7 Å². The third kappa shape index (κ3) is 3.13. The van der Waals surface area contributed by atoms with E-state index in [9.17, 15) is 0 Å². The van der Waals surface area contributed by atoms with Gasteiger partial charge in [0, 0.05) is 39.2 Å². The number of morpholine rings is 1. The minimum atomic E-state index is -0.0975. The van der Waals surface area contributed by atoms with Gasteiger partial charge < -0.3 is 14.5 Å². The van der Waals surface area contributed by atoms with E-state index in [2.05, 4.69) is 19.9 Å². The second-order valence-electron chi connectivity index (χ2n) is 5.31. The Morgan fingerprint density at radius 3 is 2.95 bits per heavy atom. The Kier molecular flexibility index (Phi) is 4.40. The van der Waals surface area contributed by atoms with E-state index in [-0.39, 0.29) is 6.10 Å². The predicted octanol–water partition coefficient (Wildman–Crippen LogP) is 2.17. The van der Waals surface area contributed by atoms with Crippen molar-refractivity contribution in [1.82, 2.24) is 15.0 Å². The van der Waals surface area contributed by atoms with E-state index >= 15 is 0 Å². The fourth-order valence-corrected chi connectivity index (χ4v) is 2.67. The quantitative estimate of drug-likeness (QED) is 0.864. The van der Waals surface area contributed by atoms with Crippen molar-refractivity contribution in [2.45, 2.75) is 6.10 Å². The average molecular weight is 320 g/mol. The zero-order chi connectivity index (χ0) is 15.5. The predicted molar refractivity (Wildman–Crippen MR) is 86.5 cm³/mol. The number of pyridine rings is 1. The molecule has 0 aromatic carbocycles. The average Bonchev–Trinajstić information content (AvgIpc) is 2.55. The van der Waals surface area contributed by atoms with Gasteiger partial charge in [-0.3, -0.25) is 4.98 Å². The summed E-state index contributed by atoms with van der Waals surface area (Å²) in [5.74, 6) is 0.681. The smallest absolute Gasteiger partial charge is 0.225 e. The summed E-state index contributed by atoms with van der Waals surface area (Å²) >= 11 is 6.24. The van der Waals surface area contributed by atoms with Gasteiger partial charge in [0.25, 0.3) is 0 Å². The highest BCUT2D eigenvalue weighted by Gasteiger charge is 2.25. The van der Waals surface area contributed by atoms with Crippen molar-refractivity contribution < 1.29 is 4.74 Å². The molecule has 0 N–H and O–H groups in total. The topological polar surface area (TPSA) is 54.4 Å². The van der Waals surface area contributed by atoms with E-state index in [1.54, 1.807) is 18.6 Å². The Hall–Kier alpha value is -1.92. The molecule has 0 radical (unpaired) electrons. The molecule has 0 saturated carbocycles. The monoisotopic (exact) mass is 319 g/mol. The lowest BCUT2D eigenvalue weighted by molar-refractivity contribution is 0.0370. The highest BCUT2D eigenvalue weighted by Crippen LogP contribution is 2.29. The summed E-state index contributed by atoms with van der Waals surface area (Å²) in [5.41, 5.74) is 1.86. The van der Waals surface area contributed by atoms with E-state index in [1.807, 2.05) is 31.1 Å². The van der Waals surface area contributed by atoms with Gasteiger partial charge in [0.05, 0.1) is 29.6 Å². The first kappa shape index (κ1) is 15.0. The minimum absolute atomic E-state index is 0.0975. The Labute approximate surface area is 134 Å². The van der Waals surface area contributed by atoms with E-state index in [0.717, 1.165) is 17.9 Å². The zero-order valence-corrected chi connectivity index (χ0v) is 13.4. The largest absolute Gasteiger partial charge is 0.368 e. The van der Waals surface area contributed by atoms with Crippen LogP contribution < -0.4 is 9.80 Å². The molecule has 3 rings (SSSR count). The van der Waals surface area contributed by atoms with Crippen molar-refractivity contribution in [2.75, 3.05) is 43.6 Å². The number of hydrogen-bond acceptors (Lipinski definition) is 6. The number of hydrogen-bond donors (Lipinski definition) is 0. The Bertz CT molecular complexity index is 651. The van der Waals surface area contributed by atoms with Crippen molar-refractivity contribution in [3.63, 3.8) is 0 Å². The third-order valence-corrected chi connectivity index (χ3v) is 3.84. The van der Waals surface area contributed by atoms with Crippen LogP contribution in [0, 0.1) is 0 Å². The van der Waals surface area contributed by atoms with Gasteiger partial charge in [0.15, 0.2) is 0 Å². The Morgan fingerprint density at radius 1 is 1.32 bits per heavy atom. The van der Waals surface area contributed by atoms with Gasteiger partial charge >= 0.3 is 0 Å². The van der Waals surface area contributed by atoms with Crippen molar-refractivity contribution in [3.8, 4) is 0 Å². The number of ether oxygens (including phenoxy) is 1. The van der Waals surface area contributed by atoms with E-state index in [0.29, 0.717) is 24.1 Å². The van der Waals surface area contributed by atoms with Crippen molar-refractivity contribution in [2.24, 2.45) is 0 Å². The van der Waals surface area contributed by atoms with Crippen molar-refractivity contribution >= 4 is 23.2 Å². The molecule has 1 unspecified atom stereocenters. The summed E-state index contributed by atoms with van der Waals surface area (Å²) < 4.78 is 5.88. The summed E-state index contributed by atoms with van der Waals surface area (Å²) in [6, 6.07) is 3.82. The molecule has 0 amide bonds. The van der Waals surface area contributed by atoms with Gasteiger partial charge in [0.1, 0.15) is 6.10 Å². The van der Waals surface area contributed by atoms with Crippen LogP contribution in [0.25, 0.3) is 0 Å². The van der Waals surface area contributed by atoms with Crippen molar-refractivity contribution in [1.29, 1.82) is 0 Å². The van der Waals surface area contributed by atoms with Gasteiger partial charge in [-0.1, -0.05) is 11.6 Å². The van der Waals surface area contributed by atoms with Gasteiger partial charge in [-0.15, -0.1) is 0 Å². The molecule has 2 aromatic rings. The molecule has 1 aliphatic rings. The summed E-state index contributed by atoms with van der Waals surface area (Å²) in [6.07, 6.45) is 5.08. The SMILES string of the molecule is CN(C)c1nccc(C2CN(c3ccncc3Cl)CCO2)n1. The number of nitrogens with zero attached hydrogens (tertiary/aromatic N) is 5. The molecule has 1 saturated heterocycles. The molecule has 22 heavy (non-hydrogen) atoms. The molecular formula is C15H18ClN5O. The number of aromatic nitrogens is 3. The van der Waals surface area contributed by atoms with E-state index in [1.165, 1.54) is 0 Å². The molecule has 2 aromatic heterocycles. The van der Waals surface area contributed by atoms with Crippen LogP contribution in [0.15, 0.2) is 30.7 Å². The molecule has 1 aliphatic heterocycles. The summed E-state index contributed by atoms with van der Waals surface area (Å²) in [5, 5.41) is 0.653. The summed E-state index contributed by atoms with van der Waals surface area (Å²) in [7, 11) is 3.84. The molecular weight excluding hydrogens is 302 g/mol. The van der Waals surface area contributed by atoms with Crippen LogP contribution in [0.5, 0.6) is 0 Å². The Morgan fingerprint density at radius 2 is 2.18 bits per heavy atom. The lowest BCUT2D eigenvalue weighted by Gasteiger charge is -2.34. The number of anilines is 2. The zero-order valence-electron chi connectivity index (χ0n) is 12.6. The summed E-state index contributed by atoms with van der Waals surface area (Å²) in [6.45, 7) is 2.13. The van der Waals surface area contributed by atoms with Crippen LogP contribution in [-0.2, 0) is 4.74 Å². The van der Waals surface area contributed by atoms with E-state index in [4.69, 9.17) is 16.3 Å². The van der Waals surface area contributed by atoms with Crippen LogP contribution in [0.1, 0.15) is 11.8 Å². The summed E-state index contributed by atoms with van der Waals surface area (Å²) in [4.78, 5) is 16.9. The maximum absolute atomic E-state index is 6.24. The molecule has 0 aliphatic carbocycles. The lowest BCUT2D eigenvalue weighted by atomic mass is 10.2. The standard InChI is InChI=1S/C15H18ClN5O/c1-20(2)15-18-6-3-12(19-15)14-10-21(7-8-22-14)13-4-5-17-9-11(13)16/h3-6,9,14H,7-8,10H2,1-2H3. The Balaban J connectivity index is 1.81. The van der Waals surface area contributed by atoms with E-state index < -0.39 is 0 Å². The highest BCUT2D eigenvalue weighted by molar-refractivity contribution is 6.33. The van der Waals surface area contributed by atoms with Crippen molar-refractivity contribution in [3.05, 3.63) is 41.4 Å². The molecule has 1 atom stereocenters. The fourth-order valence-electron chi connectivity index (χ4n) is 2.43. The van der Waals surface area contributed by atoms with Gasteiger partial charge in [-0.05, 0) is 12.1 Å². The lowest BCUT2D eigenvalue weighted by Crippen LogP contribution is -2.39. The second-order valence-corrected chi connectivity index (χ2v) is 5.72. The molecule has 7 heteroatoms. The highest BCUT2D eigenvalue weighted by atomic mass is 35.5. The molecule has 0 spiro atoms. The minimum Gasteiger partial charge on any atom is -0.368 e. The maximum atomic E-state index is 6.24. The maximum Gasteiger partial charge on any atom is 0.225 e. The number of rotatable bonds is 3. The third-order valence-electron chi connectivity index (χ3n) is 3.55. The molecule has 116 valence electrons. The molecule has 6 nitrogen and oxygen atoms in total. The second kappa shape index (κ2) is 6.46. The van der Waals surface area contributed by atoms with Crippen LogP contribution in [0.4, 0.5) is 11.6 Å². The van der Waals surface area contributed by atoms with Crippen LogP contribution >= 0.6 is 11.6 Å². The van der Waals surface area contributed by atoms with Gasteiger partial charge in [-0.25, -0.2) is 9.97 Å². The molecule has 0 bridgehead atoms. The first-order valence-electron chi connectivity index (χ1n) is 7.11. The normalized spacial score (nSPS) is 18.3. The fraction of sp³-hybridized carbons (Fsp3) is 0.400. The first-order valence-corrected chi connectivity index (χ1v) is 7.49. The first-order chi connectivity index (χ1) is 10.6. The van der Waals surface area contributed by atoms with Gasteiger partial charge in [-0.2, -0.15) is 0 Å². The molecule has 3 heterocycles. The number of halogens is 1. The van der Waals surface area contributed by atoms with Gasteiger partial charge in [0.2, 0.25) is 5.95 Å². The van der Waals surface area contributed by atoms with Crippen LogP contribution in [0.2, 0.25) is 5.02 Å². The molecule has 1 fully saturated rings. The van der Waals surface area contributed by atoms with Crippen LogP contribution in [0.3, 0.4) is 0 Å².